The summed E-state index contributed by atoms with van der Waals surface area (Å²) in [6, 6.07) is 16.2. The third kappa shape index (κ3) is 5.66. The van der Waals surface area contributed by atoms with E-state index in [0.717, 1.165) is 48.0 Å². The van der Waals surface area contributed by atoms with E-state index in [-0.39, 0.29) is 0 Å². The Balaban J connectivity index is 1.33. The van der Waals surface area contributed by atoms with E-state index in [4.69, 9.17) is 9.97 Å². The van der Waals surface area contributed by atoms with E-state index in [2.05, 4.69) is 10.6 Å². The molecule has 1 aromatic heterocycles. The van der Waals surface area contributed by atoms with E-state index >= 15 is 0 Å². The second kappa shape index (κ2) is 10.4. The van der Waals surface area contributed by atoms with E-state index in [1.807, 2.05) is 61.5 Å². The minimum atomic E-state index is -2.40. The standard InChI is InChI=1S/C24H29F2N5S/c1-31(2)22-19-8-4-5-9-20(19)29-24(30-22)28-18-13-11-17(12-14-18)27-15-16-7-3-6-10-21(16)32-23(25)26/h3-10,17-18,23,27H,11-15H2,1-2H3,(H,28,29,30). The molecule has 170 valence electrons. The molecule has 4 rings (SSSR count). The summed E-state index contributed by atoms with van der Waals surface area (Å²) in [5.41, 5.74) is 1.86. The van der Waals surface area contributed by atoms with Gasteiger partial charge in [0.2, 0.25) is 5.95 Å². The number of hydrogen-bond acceptors (Lipinski definition) is 6. The molecule has 0 bridgehead atoms. The lowest BCUT2D eigenvalue weighted by atomic mass is 9.91. The lowest BCUT2D eigenvalue weighted by Gasteiger charge is -2.30. The van der Waals surface area contributed by atoms with Crippen molar-refractivity contribution in [1.82, 2.24) is 15.3 Å². The summed E-state index contributed by atoms with van der Waals surface area (Å²) in [7, 11) is 3.99. The molecule has 1 saturated carbocycles. The smallest absolute Gasteiger partial charge is 0.288 e. The summed E-state index contributed by atoms with van der Waals surface area (Å²) < 4.78 is 25.6. The van der Waals surface area contributed by atoms with Gasteiger partial charge in [0.25, 0.3) is 5.76 Å². The van der Waals surface area contributed by atoms with Crippen LogP contribution in [0.1, 0.15) is 31.2 Å². The number of rotatable bonds is 8. The average molecular weight is 458 g/mol. The number of thioether (sulfide) groups is 1. The highest BCUT2D eigenvalue weighted by Crippen LogP contribution is 2.29. The number of benzene rings is 2. The van der Waals surface area contributed by atoms with Gasteiger partial charge in [-0.2, -0.15) is 13.8 Å². The van der Waals surface area contributed by atoms with Crippen molar-refractivity contribution >= 4 is 34.4 Å². The second-order valence-electron chi connectivity index (χ2n) is 8.34. The molecule has 2 aromatic carbocycles. The number of hydrogen-bond donors (Lipinski definition) is 2. The largest absolute Gasteiger partial charge is 0.362 e. The fraction of sp³-hybridized carbons (Fsp3) is 0.417. The average Bonchev–Trinajstić information content (AvgIpc) is 2.78. The predicted octanol–water partition coefficient (Wildman–Crippen LogP) is 5.52. The number of nitrogens with zero attached hydrogens (tertiary/aromatic N) is 3. The molecule has 32 heavy (non-hydrogen) atoms. The van der Waals surface area contributed by atoms with E-state index in [9.17, 15) is 8.78 Å². The SMILES string of the molecule is CN(C)c1nc(NC2CCC(NCc3ccccc3SC(F)F)CC2)nc2ccccc12. The van der Waals surface area contributed by atoms with Crippen LogP contribution < -0.4 is 15.5 Å². The predicted molar refractivity (Wildman–Crippen MR) is 129 cm³/mol. The summed E-state index contributed by atoms with van der Waals surface area (Å²) in [6.07, 6.45) is 4.07. The van der Waals surface area contributed by atoms with Gasteiger partial charge in [-0.3, -0.25) is 0 Å². The van der Waals surface area contributed by atoms with Crippen LogP contribution in [0.4, 0.5) is 20.5 Å². The third-order valence-corrected chi connectivity index (χ3v) is 6.67. The van der Waals surface area contributed by atoms with Gasteiger partial charge in [0.05, 0.1) is 5.52 Å². The van der Waals surface area contributed by atoms with Gasteiger partial charge in [0.15, 0.2) is 0 Å². The van der Waals surface area contributed by atoms with E-state index in [1.165, 1.54) is 0 Å². The highest BCUT2D eigenvalue weighted by molar-refractivity contribution is 7.99. The fourth-order valence-corrected chi connectivity index (χ4v) is 4.85. The van der Waals surface area contributed by atoms with Crippen molar-refractivity contribution in [3.05, 3.63) is 54.1 Å². The normalized spacial score (nSPS) is 18.8. The van der Waals surface area contributed by atoms with Gasteiger partial charge < -0.3 is 15.5 Å². The van der Waals surface area contributed by atoms with Crippen LogP contribution in [-0.4, -0.2) is 41.9 Å². The summed E-state index contributed by atoms with van der Waals surface area (Å²) in [6.45, 7) is 0.610. The van der Waals surface area contributed by atoms with Crippen molar-refractivity contribution in [3.63, 3.8) is 0 Å². The van der Waals surface area contributed by atoms with Gasteiger partial charge in [0.1, 0.15) is 5.82 Å². The first-order valence-electron chi connectivity index (χ1n) is 11.0. The Morgan fingerprint density at radius 2 is 1.66 bits per heavy atom. The summed E-state index contributed by atoms with van der Waals surface area (Å²) in [5.74, 6) is -0.821. The fourth-order valence-electron chi connectivity index (χ4n) is 4.20. The molecule has 0 spiro atoms. The van der Waals surface area contributed by atoms with Crippen LogP contribution in [0.5, 0.6) is 0 Å². The van der Waals surface area contributed by atoms with Gasteiger partial charge >= 0.3 is 0 Å². The zero-order valence-corrected chi connectivity index (χ0v) is 19.2. The second-order valence-corrected chi connectivity index (χ2v) is 9.37. The Hall–Kier alpha value is -2.45. The molecule has 3 aromatic rings. The Morgan fingerprint density at radius 3 is 2.41 bits per heavy atom. The molecule has 1 aliphatic rings. The zero-order valence-electron chi connectivity index (χ0n) is 18.4. The number of halogens is 2. The first-order valence-corrected chi connectivity index (χ1v) is 11.8. The van der Waals surface area contributed by atoms with Crippen LogP contribution in [0.3, 0.4) is 0 Å². The van der Waals surface area contributed by atoms with Crippen molar-refractivity contribution in [1.29, 1.82) is 0 Å². The highest BCUT2D eigenvalue weighted by Gasteiger charge is 2.22. The molecule has 8 heteroatoms. The van der Waals surface area contributed by atoms with Crippen LogP contribution in [0.25, 0.3) is 10.9 Å². The molecule has 0 aliphatic heterocycles. The van der Waals surface area contributed by atoms with Crippen LogP contribution in [0.2, 0.25) is 0 Å². The van der Waals surface area contributed by atoms with Crippen molar-refractivity contribution in [2.45, 2.75) is 55.0 Å². The highest BCUT2D eigenvalue weighted by atomic mass is 32.2. The molecule has 0 unspecified atom stereocenters. The van der Waals surface area contributed by atoms with Crippen LogP contribution in [-0.2, 0) is 6.54 Å². The van der Waals surface area contributed by atoms with Crippen LogP contribution in [0.15, 0.2) is 53.4 Å². The van der Waals surface area contributed by atoms with Crippen molar-refractivity contribution < 1.29 is 8.78 Å². The molecule has 1 heterocycles. The zero-order chi connectivity index (χ0) is 22.5. The lowest BCUT2D eigenvalue weighted by Crippen LogP contribution is -2.37. The molecule has 0 saturated heterocycles. The van der Waals surface area contributed by atoms with Gasteiger partial charge in [-0.1, -0.05) is 42.1 Å². The lowest BCUT2D eigenvalue weighted by molar-refractivity contribution is 0.252. The molecular weight excluding hydrogens is 428 g/mol. The summed E-state index contributed by atoms with van der Waals surface area (Å²) in [5, 5.41) is 8.13. The van der Waals surface area contributed by atoms with E-state index in [1.54, 1.807) is 6.07 Å². The van der Waals surface area contributed by atoms with Crippen molar-refractivity contribution in [2.75, 3.05) is 24.3 Å². The first kappa shape index (κ1) is 22.7. The summed E-state index contributed by atoms with van der Waals surface area (Å²) in [4.78, 5) is 12.1. The number of nitrogens with one attached hydrogen (secondary N) is 2. The minimum absolute atomic E-state index is 0.325. The topological polar surface area (TPSA) is 53.1 Å². The minimum Gasteiger partial charge on any atom is -0.362 e. The maximum atomic E-state index is 12.8. The van der Waals surface area contributed by atoms with Crippen LogP contribution >= 0.6 is 11.8 Å². The number of aromatic nitrogens is 2. The van der Waals surface area contributed by atoms with Crippen LogP contribution in [0, 0.1) is 0 Å². The van der Waals surface area contributed by atoms with Gasteiger partial charge in [-0.15, -0.1) is 0 Å². The first-order chi connectivity index (χ1) is 15.5. The number of alkyl halides is 2. The molecule has 5 nitrogen and oxygen atoms in total. The Kier molecular flexibility index (Phi) is 7.42. The van der Waals surface area contributed by atoms with Crippen molar-refractivity contribution in [3.8, 4) is 0 Å². The third-order valence-electron chi connectivity index (χ3n) is 5.84. The molecule has 0 atom stereocenters. The maximum Gasteiger partial charge on any atom is 0.288 e. The molecule has 1 fully saturated rings. The van der Waals surface area contributed by atoms with E-state index < -0.39 is 5.76 Å². The van der Waals surface area contributed by atoms with Crippen molar-refractivity contribution in [2.24, 2.45) is 0 Å². The summed E-state index contributed by atoms with van der Waals surface area (Å²) >= 11 is 0.616. The molecule has 0 amide bonds. The Labute approximate surface area is 192 Å². The van der Waals surface area contributed by atoms with Gasteiger partial charge in [-0.25, -0.2) is 4.98 Å². The monoisotopic (exact) mass is 457 g/mol. The van der Waals surface area contributed by atoms with E-state index in [0.29, 0.717) is 41.2 Å². The Morgan fingerprint density at radius 1 is 0.969 bits per heavy atom. The molecule has 2 N–H and O–H groups in total. The quantitative estimate of drug-likeness (QED) is 0.434. The van der Waals surface area contributed by atoms with Gasteiger partial charge in [-0.05, 0) is 49.4 Å². The molecule has 0 radical (unpaired) electrons. The number of para-hydroxylation sites is 1. The number of fused-ring (bicyclic) bond motifs is 1. The Bertz CT molecular complexity index is 1040. The molecular formula is C24H29F2N5S. The van der Waals surface area contributed by atoms with Gasteiger partial charge in [0, 0.05) is 43.0 Å². The maximum absolute atomic E-state index is 12.8. The number of anilines is 2. The molecule has 1 aliphatic carbocycles.